The number of benzene rings is 3. The van der Waals surface area contributed by atoms with Gasteiger partial charge in [-0.2, -0.15) is 5.10 Å². The summed E-state index contributed by atoms with van der Waals surface area (Å²) in [5.74, 6) is 0.238. The maximum absolute atomic E-state index is 13.5. The van der Waals surface area contributed by atoms with Crippen molar-refractivity contribution in [3.05, 3.63) is 124 Å². The molecule has 41 heavy (non-hydrogen) atoms. The van der Waals surface area contributed by atoms with Crippen LogP contribution in [0.3, 0.4) is 0 Å². The summed E-state index contributed by atoms with van der Waals surface area (Å²) in [5.41, 5.74) is 2.85. The molecule has 0 atom stereocenters. The Balaban J connectivity index is 1.31. The molecule has 0 amide bonds. The monoisotopic (exact) mass is 585 g/mol. The first kappa shape index (κ1) is 26.2. The van der Waals surface area contributed by atoms with Gasteiger partial charge in [0.25, 0.3) is 15.7 Å². The third-order valence-corrected chi connectivity index (χ3v) is 8.32. The molecule has 0 aliphatic carbocycles. The largest absolute Gasteiger partial charge is 0.321 e. The van der Waals surface area contributed by atoms with E-state index in [1.807, 2.05) is 12.1 Å². The second-order valence-corrected chi connectivity index (χ2v) is 11.3. The Labute approximate surface area is 238 Å². The predicted octanol–water partition coefficient (Wildman–Crippen LogP) is 5.89. The molecule has 6 aromatic rings. The molecule has 11 nitrogen and oxygen atoms in total. The molecule has 6 rings (SSSR count). The van der Waals surface area contributed by atoms with Crippen molar-refractivity contribution in [1.29, 1.82) is 0 Å². The molecule has 0 fully saturated rings. The van der Waals surface area contributed by atoms with Crippen molar-refractivity contribution >= 4 is 49.9 Å². The van der Waals surface area contributed by atoms with Gasteiger partial charge in [0.2, 0.25) is 5.95 Å². The molecule has 3 aromatic carbocycles. The topological polar surface area (TPSA) is 138 Å². The molecule has 0 spiro atoms. The van der Waals surface area contributed by atoms with Gasteiger partial charge in [0.1, 0.15) is 0 Å². The number of non-ortho nitro benzene ring substituents is 1. The molecule has 0 saturated carbocycles. The molecule has 0 bridgehead atoms. The highest BCUT2D eigenvalue weighted by molar-refractivity contribution is 7.90. The zero-order chi connectivity index (χ0) is 28.6. The first-order chi connectivity index (χ1) is 19.8. The SMILES string of the molecule is O=[N+]([O-])c1ccc(Cn2cc(Nc3ncc(Cl)c(-c4cn(S(=O)(=O)c5ccccc5)c5ccccc45)n3)cn2)cc1. The number of rotatable bonds is 8. The van der Waals surface area contributed by atoms with Crippen molar-refractivity contribution < 1.29 is 13.3 Å². The Kier molecular flexibility index (Phi) is 6.69. The number of aromatic nitrogens is 5. The average molecular weight is 586 g/mol. The van der Waals surface area contributed by atoms with E-state index in [2.05, 4.69) is 20.4 Å². The molecule has 3 aromatic heterocycles. The highest BCUT2D eigenvalue weighted by Crippen LogP contribution is 2.36. The van der Waals surface area contributed by atoms with Crippen molar-refractivity contribution in [2.45, 2.75) is 11.4 Å². The van der Waals surface area contributed by atoms with Crippen LogP contribution in [0.2, 0.25) is 5.02 Å². The summed E-state index contributed by atoms with van der Waals surface area (Å²) in [7, 11) is -3.88. The molecule has 13 heteroatoms. The summed E-state index contributed by atoms with van der Waals surface area (Å²) in [5, 5.41) is 19.2. The molecule has 204 valence electrons. The number of nitrogens with one attached hydrogen (secondary N) is 1. The number of nitro benzene ring substituents is 1. The summed E-state index contributed by atoms with van der Waals surface area (Å²) in [6.07, 6.45) is 6.32. The molecular weight excluding hydrogens is 566 g/mol. The fourth-order valence-electron chi connectivity index (χ4n) is 4.41. The molecule has 0 unspecified atom stereocenters. The Morgan fingerprint density at radius 3 is 2.41 bits per heavy atom. The van der Waals surface area contributed by atoms with Crippen molar-refractivity contribution in [1.82, 2.24) is 23.7 Å². The van der Waals surface area contributed by atoms with Gasteiger partial charge >= 0.3 is 0 Å². The van der Waals surface area contributed by atoms with Crippen molar-refractivity contribution in [3.63, 3.8) is 0 Å². The first-order valence-corrected chi connectivity index (χ1v) is 14.1. The second-order valence-electron chi connectivity index (χ2n) is 9.04. The fraction of sp³-hybridized carbons (Fsp3) is 0.0357. The maximum Gasteiger partial charge on any atom is 0.269 e. The Bertz CT molecular complexity index is 2010. The molecule has 0 aliphatic heterocycles. The molecule has 3 heterocycles. The zero-order valence-corrected chi connectivity index (χ0v) is 22.7. The highest BCUT2D eigenvalue weighted by atomic mass is 35.5. The van der Waals surface area contributed by atoms with Gasteiger partial charge in [0.05, 0.1) is 50.7 Å². The Morgan fingerprint density at radius 2 is 1.66 bits per heavy atom. The van der Waals surface area contributed by atoms with Crippen LogP contribution in [0.5, 0.6) is 0 Å². The van der Waals surface area contributed by atoms with Gasteiger partial charge in [-0.05, 0) is 23.8 Å². The lowest BCUT2D eigenvalue weighted by Crippen LogP contribution is -2.11. The number of fused-ring (bicyclic) bond motifs is 1. The third kappa shape index (κ3) is 5.13. The smallest absolute Gasteiger partial charge is 0.269 e. The van der Waals surface area contributed by atoms with Crippen molar-refractivity contribution in [3.8, 4) is 11.3 Å². The van der Waals surface area contributed by atoms with E-state index in [1.165, 1.54) is 28.5 Å². The normalized spacial score (nSPS) is 11.5. The molecule has 0 aliphatic rings. The Hall–Kier alpha value is -5.07. The van der Waals surface area contributed by atoms with E-state index in [1.54, 1.807) is 71.7 Å². The van der Waals surface area contributed by atoms with Crippen molar-refractivity contribution in [2.75, 3.05) is 5.32 Å². The third-order valence-electron chi connectivity index (χ3n) is 6.36. The number of hydrogen-bond donors (Lipinski definition) is 1. The summed E-state index contributed by atoms with van der Waals surface area (Å²) in [6.45, 7) is 0.405. The minimum Gasteiger partial charge on any atom is -0.321 e. The number of anilines is 2. The quantitative estimate of drug-likeness (QED) is 0.172. The molecule has 0 radical (unpaired) electrons. The van der Waals surface area contributed by atoms with Gasteiger partial charge < -0.3 is 5.32 Å². The van der Waals surface area contributed by atoms with Crippen molar-refractivity contribution in [2.24, 2.45) is 0 Å². The van der Waals surface area contributed by atoms with Gasteiger partial charge in [-0.3, -0.25) is 14.8 Å². The van der Waals surface area contributed by atoms with E-state index in [-0.39, 0.29) is 21.6 Å². The van der Waals surface area contributed by atoms with Gasteiger partial charge in [-0.15, -0.1) is 0 Å². The Morgan fingerprint density at radius 1 is 0.927 bits per heavy atom. The summed E-state index contributed by atoms with van der Waals surface area (Å²) >= 11 is 6.53. The lowest BCUT2D eigenvalue weighted by molar-refractivity contribution is -0.384. The van der Waals surface area contributed by atoms with Gasteiger partial charge in [-0.1, -0.05) is 60.1 Å². The van der Waals surface area contributed by atoms with Crippen LogP contribution in [-0.4, -0.2) is 37.1 Å². The van der Waals surface area contributed by atoms with Gasteiger partial charge in [-0.25, -0.2) is 22.4 Å². The van der Waals surface area contributed by atoms with E-state index in [0.717, 1.165) is 5.56 Å². The zero-order valence-electron chi connectivity index (χ0n) is 21.1. The fourth-order valence-corrected chi connectivity index (χ4v) is 6.00. The van der Waals surface area contributed by atoms with Crippen LogP contribution >= 0.6 is 11.6 Å². The van der Waals surface area contributed by atoms with Crippen LogP contribution in [0, 0.1) is 10.1 Å². The summed E-state index contributed by atoms with van der Waals surface area (Å²) in [6, 6.07) is 21.6. The number of para-hydroxylation sites is 1. The summed E-state index contributed by atoms with van der Waals surface area (Å²) < 4.78 is 29.9. The summed E-state index contributed by atoms with van der Waals surface area (Å²) in [4.78, 5) is 19.5. The van der Waals surface area contributed by atoms with Crippen LogP contribution in [-0.2, 0) is 16.6 Å². The van der Waals surface area contributed by atoms with Gasteiger partial charge in [0, 0.05) is 35.5 Å². The maximum atomic E-state index is 13.5. The standard InChI is InChI=1S/C28H20ClN7O4S/c29-25-15-30-28(32-20-14-31-34(17-20)16-19-10-12-21(13-11-19)36(37)38)33-27(25)24-18-35(26-9-5-4-8-23(24)26)41(39,40)22-6-2-1-3-7-22/h1-15,17-18H,16H2,(H,30,32,33). The molecule has 1 N–H and O–H groups in total. The van der Waals surface area contributed by atoms with E-state index >= 15 is 0 Å². The van der Waals surface area contributed by atoms with E-state index < -0.39 is 14.9 Å². The van der Waals surface area contributed by atoms with E-state index in [4.69, 9.17) is 11.6 Å². The second kappa shape index (κ2) is 10.5. The van der Waals surface area contributed by atoms with E-state index in [9.17, 15) is 18.5 Å². The highest BCUT2D eigenvalue weighted by Gasteiger charge is 2.23. The number of hydrogen-bond acceptors (Lipinski definition) is 8. The van der Waals surface area contributed by atoms with E-state index in [0.29, 0.717) is 34.4 Å². The molecule has 0 saturated heterocycles. The lowest BCUT2D eigenvalue weighted by atomic mass is 10.1. The first-order valence-electron chi connectivity index (χ1n) is 12.3. The van der Waals surface area contributed by atoms with Crippen LogP contribution < -0.4 is 5.32 Å². The molecular formula is C28H20ClN7O4S. The number of halogens is 1. The van der Waals surface area contributed by atoms with Crippen LogP contribution in [0.15, 0.2) is 109 Å². The lowest BCUT2D eigenvalue weighted by Gasteiger charge is -2.07. The van der Waals surface area contributed by atoms with Gasteiger partial charge in [0.15, 0.2) is 0 Å². The average Bonchev–Trinajstić information content (AvgIpc) is 3.59. The minimum atomic E-state index is -3.88. The van der Waals surface area contributed by atoms with Crippen LogP contribution in [0.25, 0.3) is 22.2 Å². The predicted molar refractivity (Wildman–Crippen MR) is 155 cm³/mol. The number of nitro groups is 1. The van der Waals surface area contributed by atoms with Crippen LogP contribution in [0.1, 0.15) is 5.56 Å². The minimum absolute atomic E-state index is 0.0213. The van der Waals surface area contributed by atoms with Crippen LogP contribution in [0.4, 0.5) is 17.3 Å². The number of nitrogens with zero attached hydrogens (tertiary/aromatic N) is 6.